The van der Waals surface area contributed by atoms with Crippen molar-refractivity contribution >= 4 is 23.0 Å². The van der Waals surface area contributed by atoms with E-state index in [0.29, 0.717) is 6.42 Å². The smallest absolute Gasteiger partial charge is 0.325 e. The lowest BCUT2D eigenvalue weighted by molar-refractivity contribution is -0.135. The fourth-order valence-electron chi connectivity index (χ4n) is 6.45. The van der Waals surface area contributed by atoms with Gasteiger partial charge < -0.3 is 10.3 Å². The van der Waals surface area contributed by atoms with Gasteiger partial charge in [-0.1, -0.05) is 37.1 Å². The van der Waals surface area contributed by atoms with Crippen molar-refractivity contribution in [3.63, 3.8) is 0 Å². The molecule has 1 atom stereocenters. The minimum Gasteiger partial charge on any atom is -0.341 e. The third kappa shape index (κ3) is 4.17. The van der Waals surface area contributed by atoms with E-state index in [1.165, 1.54) is 17.0 Å². The van der Waals surface area contributed by atoms with Gasteiger partial charge in [-0.3, -0.25) is 14.6 Å². The summed E-state index contributed by atoms with van der Waals surface area (Å²) in [6.07, 6.45) is 5.83. The minimum absolute atomic E-state index is 0.0114. The van der Waals surface area contributed by atoms with Crippen LogP contribution in [0.4, 0.5) is 9.18 Å². The Morgan fingerprint density at radius 1 is 0.972 bits per heavy atom. The van der Waals surface area contributed by atoms with Crippen LogP contribution in [-0.2, 0) is 17.8 Å². The third-order valence-electron chi connectivity index (χ3n) is 8.33. The number of carbonyl (C=O) groups is 2. The van der Waals surface area contributed by atoms with Crippen LogP contribution in [0, 0.1) is 11.7 Å². The molecule has 188 valence electrons. The molecule has 1 aromatic heterocycles. The van der Waals surface area contributed by atoms with Gasteiger partial charge in [0.15, 0.2) is 0 Å². The van der Waals surface area contributed by atoms with Gasteiger partial charge in [0, 0.05) is 12.5 Å². The molecule has 2 N–H and O–H groups in total. The number of carbonyl (C=O) groups excluding carboxylic acids is 2. The molecule has 2 aromatic carbocycles. The van der Waals surface area contributed by atoms with Crippen LogP contribution < -0.4 is 5.32 Å². The van der Waals surface area contributed by atoms with Crippen LogP contribution in [-0.4, -0.2) is 56.4 Å². The van der Waals surface area contributed by atoms with Crippen LogP contribution in [0.1, 0.15) is 49.9 Å². The summed E-state index contributed by atoms with van der Waals surface area (Å²) in [6.45, 7) is 2.36. The molecule has 1 saturated carbocycles. The molecule has 3 amide bonds. The zero-order valence-electron chi connectivity index (χ0n) is 20.4. The molecule has 3 aromatic rings. The number of halogens is 1. The van der Waals surface area contributed by atoms with Crippen molar-refractivity contribution in [1.29, 1.82) is 0 Å². The van der Waals surface area contributed by atoms with Crippen LogP contribution in [0.3, 0.4) is 0 Å². The van der Waals surface area contributed by atoms with Crippen molar-refractivity contribution in [2.75, 3.05) is 13.1 Å². The number of aromatic nitrogens is 2. The maximum absolute atomic E-state index is 14.0. The first-order valence-electron chi connectivity index (χ1n) is 13.1. The van der Waals surface area contributed by atoms with Crippen LogP contribution in [0.25, 0.3) is 11.0 Å². The average Bonchev–Trinajstić information content (AvgIpc) is 3.60. The summed E-state index contributed by atoms with van der Waals surface area (Å²) >= 11 is 0. The zero-order valence-corrected chi connectivity index (χ0v) is 20.4. The molecule has 7 nitrogen and oxygen atoms in total. The van der Waals surface area contributed by atoms with Gasteiger partial charge in [0.05, 0.1) is 17.6 Å². The number of benzene rings is 2. The maximum Gasteiger partial charge on any atom is 0.325 e. The Hall–Kier alpha value is -3.26. The van der Waals surface area contributed by atoms with E-state index >= 15 is 0 Å². The van der Waals surface area contributed by atoms with E-state index in [0.717, 1.165) is 80.6 Å². The SMILES string of the molecule is O=C1NC(Cc2ccc(F)cc2)(C2CCN(Cc3nc4ccccc4[nH]3)CC2)C(=O)N1C1CCCC1. The lowest BCUT2D eigenvalue weighted by Gasteiger charge is -2.41. The van der Waals surface area contributed by atoms with Crippen molar-refractivity contribution < 1.29 is 14.0 Å². The number of aromatic amines is 1. The standard InChI is InChI=1S/C28H32FN5O2/c29-21-11-9-19(10-12-21)17-28(26(35)34(27(36)32-28)22-5-1-2-6-22)20-13-15-33(16-14-20)18-25-30-23-7-3-4-8-24(23)31-25/h3-4,7-12,20,22H,1-2,5-6,13-18H2,(H,30,31)(H,32,36). The highest BCUT2D eigenvalue weighted by atomic mass is 19.1. The van der Waals surface area contributed by atoms with E-state index in [4.69, 9.17) is 4.98 Å². The van der Waals surface area contributed by atoms with Gasteiger partial charge in [0.2, 0.25) is 0 Å². The first-order valence-corrected chi connectivity index (χ1v) is 13.1. The molecule has 3 fully saturated rings. The summed E-state index contributed by atoms with van der Waals surface area (Å²) in [5, 5.41) is 3.17. The van der Waals surface area contributed by atoms with Crippen LogP contribution >= 0.6 is 0 Å². The molecule has 2 saturated heterocycles. The second-order valence-corrected chi connectivity index (χ2v) is 10.6. The molecule has 6 rings (SSSR count). The number of likely N-dealkylation sites (tertiary alicyclic amines) is 1. The van der Waals surface area contributed by atoms with Gasteiger partial charge in [0.1, 0.15) is 17.2 Å². The number of imide groups is 1. The number of fused-ring (bicyclic) bond motifs is 1. The second-order valence-electron chi connectivity index (χ2n) is 10.6. The Morgan fingerprint density at radius 3 is 2.42 bits per heavy atom. The number of amides is 3. The predicted octanol–water partition coefficient (Wildman–Crippen LogP) is 4.39. The highest BCUT2D eigenvalue weighted by Crippen LogP contribution is 2.39. The second kappa shape index (κ2) is 9.32. The molecule has 1 aliphatic carbocycles. The van der Waals surface area contributed by atoms with E-state index in [1.807, 2.05) is 24.3 Å². The molecule has 0 bridgehead atoms. The first-order chi connectivity index (χ1) is 17.5. The lowest BCUT2D eigenvalue weighted by atomic mass is 9.73. The van der Waals surface area contributed by atoms with Crippen molar-refractivity contribution in [3.8, 4) is 0 Å². The lowest BCUT2D eigenvalue weighted by Crippen LogP contribution is -2.57. The Kier molecular flexibility index (Phi) is 5.99. The van der Waals surface area contributed by atoms with Crippen molar-refractivity contribution in [3.05, 3.63) is 65.7 Å². The van der Waals surface area contributed by atoms with E-state index < -0.39 is 5.54 Å². The average molecular weight is 490 g/mol. The fraction of sp³-hybridized carbons (Fsp3) is 0.464. The van der Waals surface area contributed by atoms with E-state index in [2.05, 4.69) is 15.2 Å². The molecule has 3 aliphatic rings. The number of urea groups is 1. The molecule has 1 unspecified atom stereocenters. The third-order valence-corrected chi connectivity index (χ3v) is 8.33. The highest BCUT2D eigenvalue weighted by Gasteiger charge is 2.57. The summed E-state index contributed by atoms with van der Waals surface area (Å²) in [7, 11) is 0. The van der Waals surface area contributed by atoms with Crippen molar-refractivity contribution in [2.45, 2.75) is 63.1 Å². The number of hydrogen-bond donors (Lipinski definition) is 2. The van der Waals surface area contributed by atoms with Crippen LogP contribution in [0.15, 0.2) is 48.5 Å². The summed E-state index contributed by atoms with van der Waals surface area (Å²) < 4.78 is 13.6. The Labute approximate surface area is 210 Å². The van der Waals surface area contributed by atoms with Gasteiger partial charge in [0.25, 0.3) is 5.91 Å². The highest BCUT2D eigenvalue weighted by molar-refractivity contribution is 6.07. The topological polar surface area (TPSA) is 81.3 Å². The fourth-order valence-corrected chi connectivity index (χ4v) is 6.45. The van der Waals surface area contributed by atoms with E-state index in [1.54, 1.807) is 12.1 Å². The first kappa shape index (κ1) is 23.2. The summed E-state index contributed by atoms with van der Waals surface area (Å²) in [6, 6.07) is 14.0. The monoisotopic (exact) mass is 489 g/mol. The van der Waals surface area contributed by atoms with Gasteiger partial charge >= 0.3 is 6.03 Å². The Morgan fingerprint density at radius 2 is 1.69 bits per heavy atom. The maximum atomic E-state index is 14.0. The van der Waals surface area contributed by atoms with Gasteiger partial charge in [-0.15, -0.1) is 0 Å². The number of H-pyrrole nitrogens is 1. The molecule has 36 heavy (non-hydrogen) atoms. The van der Waals surface area contributed by atoms with Crippen molar-refractivity contribution in [1.82, 2.24) is 25.1 Å². The zero-order chi connectivity index (χ0) is 24.7. The largest absolute Gasteiger partial charge is 0.341 e. The predicted molar refractivity (Wildman–Crippen MR) is 135 cm³/mol. The quantitative estimate of drug-likeness (QED) is 0.503. The van der Waals surface area contributed by atoms with Gasteiger partial charge in [-0.2, -0.15) is 0 Å². The summed E-state index contributed by atoms with van der Waals surface area (Å²) in [4.78, 5) is 39.2. The van der Waals surface area contributed by atoms with Crippen LogP contribution in [0.2, 0.25) is 0 Å². The molecular weight excluding hydrogens is 457 g/mol. The molecule has 8 heteroatoms. The van der Waals surface area contributed by atoms with Crippen molar-refractivity contribution in [2.24, 2.45) is 5.92 Å². The number of rotatable bonds is 6. The number of para-hydroxylation sites is 2. The molecule has 0 radical (unpaired) electrons. The summed E-state index contributed by atoms with van der Waals surface area (Å²) in [5.41, 5.74) is 1.88. The number of nitrogens with one attached hydrogen (secondary N) is 2. The molecule has 2 aliphatic heterocycles. The van der Waals surface area contributed by atoms with E-state index in [9.17, 15) is 14.0 Å². The number of imidazole rings is 1. The van der Waals surface area contributed by atoms with E-state index in [-0.39, 0.29) is 29.7 Å². The molecule has 0 spiro atoms. The van der Waals surface area contributed by atoms with Gasteiger partial charge in [-0.05, 0) is 74.5 Å². The van der Waals surface area contributed by atoms with Gasteiger partial charge in [-0.25, -0.2) is 14.2 Å². The molecule has 3 heterocycles. The summed E-state index contributed by atoms with van der Waals surface area (Å²) in [5.74, 6) is 0.547. The van der Waals surface area contributed by atoms with Crippen LogP contribution in [0.5, 0.6) is 0 Å². The number of nitrogens with zero attached hydrogens (tertiary/aromatic N) is 3. The molecular formula is C28H32FN5O2. The minimum atomic E-state index is -0.983. The Bertz CT molecular complexity index is 1230. The number of hydrogen-bond acceptors (Lipinski definition) is 4. The number of piperidine rings is 1. The Balaban J connectivity index is 1.21. The normalized spacial score (nSPS) is 24.2.